The van der Waals surface area contributed by atoms with Gasteiger partial charge in [0.05, 0.1) is 5.39 Å². The third-order valence-corrected chi connectivity index (χ3v) is 5.78. The van der Waals surface area contributed by atoms with Gasteiger partial charge in [-0.25, -0.2) is 9.97 Å². The summed E-state index contributed by atoms with van der Waals surface area (Å²) >= 11 is 1.90. The number of hydrogen-bond acceptors (Lipinski definition) is 4. The molecule has 2 aliphatic carbocycles. The molecule has 0 aromatic carbocycles. The second kappa shape index (κ2) is 3.92. The van der Waals surface area contributed by atoms with Crippen LogP contribution >= 0.6 is 11.3 Å². The van der Waals surface area contributed by atoms with Crippen LogP contribution in [0.15, 0.2) is 0 Å². The summed E-state index contributed by atoms with van der Waals surface area (Å²) < 4.78 is 0. The number of aryl methyl sites for hydroxylation is 2. The van der Waals surface area contributed by atoms with Gasteiger partial charge < -0.3 is 5.32 Å². The Hall–Kier alpha value is -1.16. The average Bonchev–Trinajstić information content (AvgIpc) is 3.07. The molecule has 0 atom stereocenters. The Morgan fingerprint density at radius 2 is 1.95 bits per heavy atom. The third kappa shape index (κ3) is 1.69. The summed E-state index contributed by atoms with van der Waals surface area (Å²) in [5.41, 5.74) is 1.76. The topological polar surface area (TPSA) is 37.8 Å². The van der Waals surface area contributed by atoms with Gasteiger partial charge in [0.2, 0.25) is 0 Å². The standard InChI is InChI=1S/C15H19N3S/c1-15(7-8-15)14-17-12(16-2)11-9-5-3-4-6-10(9)19-13(11)18-14/h3-8H2,1-2H3,(H,16,17,18). The van der Waals surface area contributed by atoms with Crippen molar-refractivity contribution in [2.75, 3.05) is 12.4 Å². The van der Waals surface area contributed by atoms with E-state index in [1.807, 2.05) is 18.4 Å². The van der Waals surface area contributed by atoms with E-state index < -0.39 is 0 Å². The lowest BCUT2D eigenvalue weighted by molar-refractivity contribution is 0.699. The predicted molar refractivity (Wildman–Crippen MR) is 80.2 cm³/mol. The molecule has 1 saturated carbocycles. The zero-order valence-corrected chi connectivity index (χ0v) is 12.4. The maximum absolute atomic E-state index is 4.89. The minimum Gasteiger partial charge on any atom is -0.372 e. The normalized spacial score (nSPS) is 20.3. The van der Waals surface area contributed by atoms with Crippen molar-refractivity contribution >= 4 is 27.4 Å². The second-order valence-corrected chi connectivity index (χ2v) is 7.18. The molecule has 1 fully saturated rings. The Labute approximate surface area is 117 Å². The van der Waals surface area contributed by atoms with Crippen molar-refractivity contribution in [3.8, 4) is 0 Å². The highest BCUT2D eigenvalue weighted by molar-refractivity contribution is 7.19. The molecule has 100 valence electrons. The molecule has 0 amide bonds. The van der Waals surface area contributed by atoms with Gasteiger partial charge in [0, 0.05) is 17.3 Å². The number of rotatable bonds is 2. The summed E-state index contributed by atoms with van der Waals surface area (Å²) in [4.78, 5) is 12.5. The smallest absolute Gasteiger partial charge is 0.138 e. The Morgan fingerprint density at radius 3 is 2.68 bits per heavy atom. The van der Waals surface area contributed by atoms with E-state index in [0.29, 0.717) is 0 Å². The van der Waals surface area contributed by atoms with Crippen LogP contribution in [0.3, 0.4) is 0 Å². The zero-order chi connectivity index (χ0) is 13.0. The summed E-state index contributed by atoms with van der Waals surface area (Å²) in [5, 5.41) is 4.60. The third-order valence-electron chi connectivity index (χ3n) is 4.59. The number of thiophene rings is 1. The Bertz CT molecular complexity index is 655. The van der Waals surface area contributed by atoms with Crippen LogP contribution in [-0.4, -0.2) is 17.0 Å². The highest BCUT2D eigenvalue weighted by Gasteiger charge is 2.42. The van der Waals surface area contributed by atoms with Crippen molar-refractivity contribution in [3.63, 3.8) is 0 Å². The van der Waals surface area contributed by atoms with Crippen LogP contribution in [0.1, 0.15) is 48.9 Å². The molecular formula is C15H19N3S. The van der Waals surface area contributed by atoms with Gasteiger partial charge in [0.25, 0.3) is 0 Å². The first-order valence-electron chi connectivity index (χ1n) is 7.22. The van der Waals surface area contributed by atoms with Crippen molar-refractivity contribution < 1.29 is 0 Å². The second-order valence-electron chi connectivity index (χ2n) is 6.10. The van der Waals surface area contributed by atoms with Crippen LogP contribution in [0, 0.1) is 0 Å². The quantitative estimate of drug-likeness (QED) is 0.907. The van der Waals surface area contributed by atoms with Gasteiger partial charge in [-0.2, -0.15) is 0 Å². The summed E-state index contributed by atoms with van der Waals surface area (Å²) in [6, 6.07) is 0. The maximum Gasteiger partial charge on any atom is 0.138 e. The molecule has 2 aromatic heterocycles. The minimum absolute atomic E-state index is 0.240. The van der Waals surface area contributed by atoms with Crippen LogP contribution in [0.2, 0.25) is 0 Å². The maximum atomic E-state index is 4.89. The Kier molecular flexibility index (Phi) is 2.40. The lowest BCUT2D eigenvalue weighted by Crippen LogP contribution is -2.09. The number of nitrogens with zero attached hydrogens (tertiary/aromatic N) is 2. The molecule has 2 aromatic rings. The Balaban J connectivity index is 1.98. The molecule has 0 saturated heterocycles. The van der Waals surface area contributed by atoms with E-state index in [9.17, 15) is 0 Å². The van der Waals surface area contributed by atoms with Crippen molar-refractivity contribution in [3.05, 3.63) is 16.3 Å². The molecule has 1 N–H and O–H groups in total. The number of aromatic nitrogens is 2. The van der Waals surface area contributed by atoms with E-state index in [-0.39, 0.29) is 5.41 Å². The fourth-order valence-electron chi connectivity index (χ4n) is 3.02. The largest absolute Gasteiger partial charge is 0.372 e. The highest BCUT2D eigenvalue weighted by Crippen LogP contribution is 2.48. The van der Waals surface area contributed by atoms with Gasteiger partial charge in [0.15, 0.2) is 0 Å². The van der Waals surface area contributed by atoms with Crippen LogP contribution in [-0.2, 0) is 18.3 Å². The van der Waals surface area contributed by atoms with E-state index in [4.69, 9.17) is 9.97 Å². The molecule has 2 aliphatic rings. The number of fused-ring (bicyclic) bond motifs is 3. The fourth-order valence-corrected chi connectivity index (χ4v) is 4.28. The van der Waals surface area contributed by atoms with Gasteiger partial charge in [-0.1, -0.05) is 6.92 Å². The summed E-state index contributed by atoms with van der Waals surface area (Å²) in [7, 11) is 1.98. The molecule has 0 unspecified atom stereocenters. The monoisotopic (exact) mass is 273 g/mol. The van der Waals surface area contributed by atoms with E-state index in [0.717, 1.165) is 11.6 Å². The summed E-state index contributed by atoms with van der Waals surface area (Å²) in [5.74, 6) is 2.09. The fraction of sp³-hybridized carbons (Fsp3) is 0.600. The first-order valence-corrected chi connectivity index (χ1v) is 8.03. The van der Waals surface area contributed by atoms with Crippen LogP contribution < -0.4 is 5.32 Å². The van der Waals surface area contributed by atoms with Crippen LogP contribution in [0.5, 0.6) is 0 Å². The van der Waals surface area contributed by atoms with Crippen molar-refractivity contribution in [1.82, 2.24) is 9.97 Å². The Morgan fingerprint density at radius 1 is 1.16 bits per heavy atom. The molecule has 3 nitrogen and oxygen atoms in total. The molecule has 0 spiro atoms. The van der Waals surface area contributed by atoms with Gasteiger partial charge in [-0.15, -0.1) is 11.3 Å². The lowest BCUT2D eigenvalue weighted by Gasteiger charge is -2.13. The minimum atomic E-state index is 0.240. The first-order chi connectivity index (χ1) is 9.21. The van der Waals surface area contributed by atoms with Crippen molar-refractivity contribution in [2.24, 2.45) is 0 Å². The number of anilines is 1. The van der Waals surface area contributed by atoms with Crippen molar-refractivity contribution in [1.29, 1.82) is 0 Å². The molecule has 19 heavy (non-hydrogen) atoms. The van der Waals surface area contributed by atoms with E-state index in [1.165, 1.54) is 54.3 Å². The zero-order valence-electron chi connectivity index (χ0n) is 11.5. The molecule has 4 rings (SSSR count). The van der Waals surface area contributed by atoms with Crippen molar-refractivity contribution in [2.45, 2.75) is 50.9 Å². The summed E-state index contributed by atoms with van der Waals surface area (Å²) in [6.45, 7) is 2.28. The lowest BCUT2D eigenvalue weighted by atomic mass is 9.97. The van der Waals surface area contributed by atoms with E-state index in [1.54, 1.807) is 4.88 Å². The molecule has 2 heterocycles. The molecular weight excluding hydrogens is 254 g/mol. The van der Waals surface area contributed by atoms with Gasteiger partial charge in [0.1, 0.15) is 16.5 Å². The summed E-state index contributed by atoms with van der Waals surface area (Å²) in [6.07, 6.45) is 7.52. The van der Waals surface area contributed by atoms with E-state index in [2.05, 4.69) is 12.2 Å². The molecule has 0 radical (unpaired) electrons. The predicted octanol–water partition coefficient (Wildman–Crippen LogP) is 3.66. The van der Waals surface area contributed by atoms with Gasteiger partial charge >= 0.3 is 0 Å². The van der Waals surface area contributed by atoms with E-state index >= 15 is 0 Å². The number of hydrogen-bond donors (Lipinski definition) is 1. The highest BCUT2D eigenvalue weighted by atomic mass is 32.1. The molecule has 0 bridgehead atoms. The first kappa shape index (κ1) is 11.6. The molecule has 4 heteroatoms. The van der Waals surface area contributed by atoms with Gasteiger partial charge in [-0.05, 0) is 44.1 Å². The average molecular weight is 273 g/mol. The number of nitrogens with one attached hydrogen (secondary N) is 1. The van der Waals surface area contributed by atoms with Gasteiger partial charge in [-0.3, -0.25) is 0 Å². The van der Waals surface area contributed by atoms with Crippen LogP contribution in [0.4, 0.5) is 5.82 Å². The SMILES string of the molecule is CNc1nc(C2(C)CC2)nc2sc3c(c12)CCCC3. The van der Waals surface area contributed by atoms with Crippen LogP contribution in [0.25, 0.3) is 10.2 Å². The molecule has 0 aliphatic heterocycles.